The first-order chi connectivity index (χ1) is 18.1. The van der Waals surface area contributed by atoms with Crippen molar-refractivity contribution in [3.8, 4) is 29.0 Å². The lowest BCUT2D eigenvalue weighted by molar-refractivity contribution is 0.0254. The predicted octanol–water partition coefficient (Wildman–Crippen LogP) is 4.14. The van der Waals surface area contributed by atoms with Gasteiger partial charge < -0.3 is 24.8 Å². The Kier molecular flexibility index (Phi) is 7.73. The van der Waals surface area contributed by atoms with E-state index in [9.17, 15) is 9.65 Å². The minimum Gasteiger partial charge on any atom is -0.489 e. The molecule has 2 aromatic heterocycles. The lowest BCUT2D eigenvalue weighted by atomic mass is 9.89. The molecule has 0 spiro atoms. The van der Waals surface area contributed by atoms with Gasteiger partial charge in [0.1, 0.15) is 29.9 Å². The Balaban J connectivity index is 1.33. The topological polar surface area (TPSA) is 114 Å². The van der Waals surface area contributed by atoms with Crippen molar-refractivity contribution in [2.24, 2.45) is 0 Å². The number of rotatable bonds is 7. The van der Waals surface area contributed by atoms with Gasteiger partial charge in [-0.3, -0.25) is 0 Å². The third-order valence-corrected chi connectivity index (χ3v) is 6.64. The molecule has 2 aliphatic heterocycles. The summed E-state index contributed by atoms with van der Waals surface area (Å²) in [5.74, 6) is 1.51. The maximum atomic E-state index is 14.5. The quantitative estimate of drug-likeness (QED) is 0.490. The van der Waals surface area contributed by atoms with E-state index in [2.05, 4.69) is 31.7 Å². The smallest absolute Gasteiger partial charge is 0.228 e. The highest BCUT2D eigenvalue weighted by molar-refractivity contribution is 5.65. The zero-order chi connectivity index (χ0) is 25.6. The molecule has 37 heavy (non-hydrogen) atoms. The van der Waals surface area contributed by atoms with Crippen LogP contribution in [0.1, 0.15) is 36.3 Å². The zero-order valence-corrected chi connectivity index (χ0v) is 20.6. The highest BCUT2D eigenvalue weighted by atomic mass is 19.1. The highest BCUT2D eigenvalue weighted by Gasteiger charge is 2.29. The molecule has 0 amide bonds. The van der Waals surface area contributed by atoms with Crippen LogP contribution in [0, 0.1) is 11.3 Å². The van der Waals surface area contributed by atoms with E-state index in [4.69, 9.17) is 14.2 Å². The fraction of sp³-hybridized carbons (Fsp3) is 0.407. The molecule has 2 fully saturated rings. The van der Waals surface area contributed by atoms with Crippen molar-refractivity contribution in [1.29, 1.82) is 5.26 Å². The maximum absolute atomic E-state index is 14.5. The lowest BCUT2D eigenvalue weighted by Crippen LogP contribution is -2.36. The molecule has 4 heterocycles. The van der Waals surface area contributed by atoms with Crippen molar-refractivity contribution in [2.75, 3.05) is 38.7 Å². The Morgan fingerprint density at radius 2 is 2.00 bits per heavy atom. The molecule has 10 heteroatoms. The summed E-state index contributed by atoms with van der Waals surface area (Å²) < 4.78 is 31.4. The summed E-state index contributed by atoms with van der Waals surface area (Å²) >= 11 is 0. The number of piperidine rings is 1. The van der Waals surface area contributed by atoms with E-state index in [-0.39, 0.29) is 12.0 Å². The normalized spacial score (nSPS) is 20.1. The summed E-state index contributed by atoms with van der Waals surface area (Å²) in [4.78, 5) is 13.4. The molecule has 0 aliphatic carbocycles. The molecular weight excluding hydrogens is 475 g/mol. The maximum Gasteiger partial charge on any atom is 0.228 e. The molecule has 0 saturated carbocycles. The monoisotopic (exact) mass is 504 g/mol. The molecule has 192 valence electrons. The Bertz CT molecular complexity index is 1280. The number of pyridine rings is 1. The molecule has 2 saturated heterocycles. The van der Waals surface area contributed by atoms with Crippen LogP contribution in [0.15, 0.2) is 42.6 Å². The second-order valence-corrected chi connectivity index (χ2v) is 9.05. The second-order valence-electron chi connectivity index (χ2n) is 9.05. The van der Waals surface area contributed by atoms with Crippen LogP contribution in [0.25, 0.3) is 11.3 Å². The van der Waals surface area contributed by atoms with Crippen LogP contribution >= 0.6 is 0 Å². The summed E-state index contributed by atoms with van der Waals surface area (Å²) in [5.41, 5.74) is 2.61. The van der Waals surface area contributed by atoms with Gasteiger partial charge in [-0.2, -0.15) is 10.2 Å². The number of nitriles is 1. The van der Waals surface area contributed by atoms with Crippen molar-refractivity contribution in [1.82, 2.24) is 20.3 Å². The van der Waals surface area contributed by atoms with Crippen LogP contribution in [-0.2, 0) is 4.74 Å². The Morgan fingerprint density at radius 3 is 2.78 bits per heavy atom. The fourth-order valence-electron chi connectivity index (χ4n) is 4.68. The minimum atomic E-state index is -0.991. The third kappa shape index (κ3) is 5.79. The summed E-state index contributed by atoms with van der Waals surface area (Å²) in [6.45, 7) is 2.41. The van der Waals surface area contributed by atoms with Crippen molar-refractivity contribution in [3.63, 3.8) is 0 Å². The number of methoxy groups -OCH3 is 1. The van der Waals surface area contributed by atoms with Crippen molar-refractivity contribution >= 4 is 11.8 Å². The minimum absolute atomic E-state index is 0.0444. The van der Waals surface area contributed by atoms with E-state index in [0.717, 1.165) is 30.5 Å². The fourth-order valence-corrected chi connectivity index (χ4v) is 4.68. The van der Waals surface area contributed by atoms with E-state index in [1.54, 1.807) is 24.4 Å². The van der Waals surface area contributed by atoms with Crippen LogP contribution in [0.3, 0.4) is 0 Å². The molecule has 0 radical (unpaired) electrons. The first kappa shape index (κ1) is 24.9. The molecule has 0 bridgehead atoms. The Morgan fingerprint density at radius 1 is 1.14 bits per heavy atom. The lowest BCUT2D eigenvalue weighted by Gasteiger charge is -2.27. The number of aromatic nitrogens is 3. The molecule has 2 N–H and O–H groups in total. The van der Waals surface area contributed by atoms with E-state index in [0.29, 0.717) is 60.8 Å². The molecule has 2 atom stereocenters. The van der Waals surface area contributed by atoms with Gasteiger partial charge in [-0.25, -0.2) is 14.4 Å². The SMILES string of the molecule is COc1nc(Nc2nccc(-c3ccc(OC4CCOCC4)c(C#N)c3)n2)ccc1C1CCNCC1F. The molecule has 3 aromatic rings. The van der Waals surface area contributed by atoms with Crippen molar-refractivity contribution in [2.45, 2.75) is 37.5 Å². The summed E-state index contributed by atoms with van der Waals surface area (Å²) in [6.07, 6.45) is 2.98. The van der Waals surface area contributed by atoms with Gasteiger partial charge in [0, 0.05) is 42.6 Å². The van der Waals surface area contributed by atoms with E-state index in [1.807, 2.05) is 18.2 Å². The van der Waals surface area contributed by atoms with Gasteiger partial charge in [0.15, 0.2) is 0 Å². The third-order valence-electron chi connectivity index (χ3n) is 6.64. The van der Waals surface area contributed by atoms with Gasteiger partial charge in [-0.15, -0.1) is 0 Å². The molecule has 5 rings (SSSR count). The second kappa shape index (κ2) is 11.5. The van der Waals surface area contributed by atoms with Gasteiger partial charge >= 0.3 is 0 Å². The number of benzene rings is 1. The number of nitrogens with one attached hydrogen (secondary N) is 2. The van der Waals surface area contributed by atoms with Gasteiger partial charge in [-0.1, -0.05) is 0 Å². The average molecular weight is 505 g/mol. The predicted molar refractivity (Wildman–Crippen MR) is 136 cm³/mol. The largest absolute Gasteiger partial charge is 0.489 e. The summed E-state index contributed by atoms with van der Waals surface area (Å²) in [6, 6.07) is 13.1. The average Bonchev–Trinajstić information content (AvgIpc) is 2.94. The van der Waals surface area contributed by atoms with Gasteiger partial charge in [0.25, 0.3) is 0 Å². The first-order valence-electron chi connectivity index (χ1n) is 12.4. The number of nitrogens with zero attached hydrogens (tertiary/aromatic N) is 4. The molecule has 9 nitrogen and oxygen atoms in total. The summed E-state index contributed by atoms with van der Waals surface area (Å²) in [7, 11) is 1.53. The molecule has 2 aliphatic rings. The number of anilines is 2. The summed E-state index contributed by atoms with van der Waals surface area (Å²) in [5, 5.41) is 15.9. The number of hydrogen-bond acceptors (Lipinski definition) is 9. The highest BCUT2D eigenvalue weighted by Crippen LogP contribution is 2.34. The number of hydrogen-bond donors (Lipinski definition) is 2. The first-order valence-corrected chi connectivity index (χ1v) is 12.4. The van der Waals surface area contributed by atoms with E-state index < -0.39 is 6.17 Å². The van der Waals surface area contributed by atoms with E-state index >= 15 is 0 Å². The van der Waals surface area contributed by atoms with Gasteiger partial charge in [0.05, 0.1) is 31.6 Å². The van der Waals surface area contributed by atoms with Crippen molar-refractivity contribution < 1.29 is 18.6 Å². The number of ether oxygens (including phenoxy) is 3. The van der Waals surface area contributed by atoms with Gasteiger partial charge in [0.2, 0.25) is 11.8 Å². The van der Waals surface area contributed by atoms with Crippen LogP contribution < -0.4 is 20.1 Å². The van der Waals surface area contributed by atoms with E-state index in [1.165, 1.54) is 7.11 Å². The number of halogens is 1. The Hall–Kier alpha value is -3.81. The van der Waals surface area contributed by atoms with Gasteiger partial charge in [-0.05, 0) is 49.4 Å². The molecule has 2 unspecified atom stereocenters. The molecular formula is C27H29FN6O3. The molecule has 1 aromatic carbocycles. The van der Waals surface area contributed by atoms with Crippen LogP contribution in [0.2, 0.25) is 0 Å². The standard InChI is InChI=1S/C27H29FN6O3/c1-35-26-21(20-6-10-30-16-22(20)28)3-5-25(33-26)34-27-31-11-7-23(32-27)17-2-4-24(18(14-17)15-29)37-19-8-12-36-13-9-19/h2-5,7,11,14,19-20,22,30H,6,8-10,12-13,16H2,1H3,(H,31,32,33,34). The van der Waals surface area contributed by atoms with Crippen LogP contribution in [-0.4, -0.2) is 60.6 Å². The van der Waals surface area contributed by atoms with Crippen molar-refractivity contribution in [3.05, 3.63) is 53.7 Å². The number of alkyl halides is 1. The van der Waals surface area contributed by atoms with Crippen LogP contribution in [0.5, 0.6) is 11.6 Å². The van der Waals surface area contributed by atoms with Crippen LogP contribution in [0.4, 0.5) is 16.2 Å². The Labute approximate surface area is 215 Å². The zero-order valence-electron chi connectivity index (χ0n) is 20.6.